The number of oxazole rings is 1. The summed E-state index contributed by atoms with van der Waals surface area (Å²) in [5.41, 5.74) is 2.93. The Morgan fingerprint density at radius 2 is 1.81 bits per heavy atom. The molecule has 0 N–H and O–H groups in total. The van der Waals surface area contributed by atoms with Crippen LogP contribution in [-0.2, 0) is 13.1 Å². The Morgan fingerprint density at radius 3 is 2.58 bits per heavy atom. The molecule has 0 fully saturated rings. The third-order valence-electron chi connectivity index (χ3n) is 4.15. The Morgan fingerprint density at radius 1 is 1.04 bits per heavy atom. The minimum atomic E-state index is 0.627. The molecular weight excluding hydrogens is 366 g/mol. The highest BCUT2D eigenvalue weighted by molar-refractivity contribution is 7.18. The van der Waals surface area contributed by atoms with Crippen molar-refractivity contribution in [3.63, 3.8) is 0 Å². The lowest BCUT2D eigenvalue weighted by Crippen LogP contribution is -2.17. The maximum atomic E-state index is 5.95. The summed E-state index contributed by atoms with van der Waals surface area (Å²) in [4.78, 5) is 11.6. The van der Waals surface area contributed by atoms with Crippen LogP contribution in [0.4, 0.5) is 0 Å². The van der Waals surface area contributed by atoms with Gasteiger partial charge in [0, 0.05) is 17.1 Å². The number of aromatic nitrogens is 2. The van der Waals surface area contributed by atoms with E-state index in [2.05, 4.69) is 29.1 Å². The van der Waals surface area contributed by atoms with Crippen LogP contribution in [0.5, 0.6) is 0 Å². The van der Waals surface area contributed by atoms with Crippen molar-refractivity contribution in [3.05, 3.63) is 70.0 Å². The van der Waals surface area contributed by atoms with Crippen molar-refractivity contribution in [1.29, 1.82) is 0 Å². The summed E-state index contributed by atoms with van der Waals surface area (Å²) in [5.74, 6) is 1.47. The molecule has 2 heterocycles. The molecule has 26 heavy (non-hydrogen) atoms. The van der Waals surface area contributed by atoms with E-state index in [9.17, 15) is 0 Å². The lowest BCUT2D eigenvalue weighted by molar-refractivity contribution is 0.313. The van der Waals surface area contributed by atoms with Crippen LogP contribution >= 0.6 is 22.9 Å². The molecule has 0 bridgehead atoms. The summed E-state index contributed by atoms with van der Waals surface area (Å²) in [7, 11) is 2.07. The zero-order valence-electron chi connectivity index (χ0n) is 14.6. The zero-order valence-corrected chi connectivity index (χ0v) is 16.1. The molecule has 0 aliphatic heterocycles. The summed E-state index contributed by atoms with van der Waals surface area (Å²) in [5, 5.41) is 1.81. The molecular formula is C20H18ClN3OS. The molecule has 6 heteroatoms. The second kappa shape index (κ2) is 7.19. The van der Waals surface area contributed by atoms with Crippen LogP contribution < -0.4 is 0 Å². The van der Waals surface area contributed by atoms with Crippen molar-refractivity contribution >= 4 is 33.2 Å². The Balaban J connectivity index is 1.48. The van der Waals surface area contributed by atoms with E-state index in [1.807, 2.05) is 43.3 Å². The van der Waals surface area contributed by atoms with E-state index in [1.165, 1.54) is 4.70 Å². The van der Waals surface area contributed by atoms with Gasteiger partial charge in [0.05, 0.1) is 22.5 Å². The first-order chi connectivity index (χ1) is 12.6. The molecule has 4 aromatic rings. The molecule has 0 atom stereocenters. The van der Waals surface area contributed by atoms with Gasteiger partial charge in [0.1, 0.15) is 10.8 Å². The number of rotatable bonds is 5. The number of benzene rings is 2. The second-order valence-corrected chi connectivity index (χ2v) is 7.83. The third kappa shape index (κ3) is 3.65. The maximum absolute atomic E-state index is 5.95. The molecule has 132 valence electrons. The van der Waals surface area contributed by atoms with Gasteiger partial charge < -0.3 is 4.42 Å². The Hall–Kier alpha value is -2.21. The molecule has 0 amide bonds. The smallest absolute Gasteiger partial charge is 0.226 e. The van der Waals surface area contributed by atoms with Crippen molar-refractivity contribution in [2.24, 2.45) is 0 Å². The van der Waals surface area contributed by atoms with Gasteiger partial charge in [-0.2, -0.15) is 0 Å². The molecule has 0 spiro atoms. The lowest BCUT2D eigenvalue weighted by atomic mass is 10.2. The largest absolute Gasteiger partial charge is 0.441 e. The van der Waals surface area contributed by atoms with Gasteiger partial charge in [-0.15, -0.1) is 11.3 Å². The minimum absolute atomic E-state index is 0.627. The molecule has 0 radical (unpaired) electrons. The minimum Gasteiger partial charge on any atom is -0.441 e. The molecule has 0 saturated carbocycles. The van der Waals surface area contributed by atoms with E-state index in [-0.39, 0.29) is 0 Å². The van der Waals surface area contributed by atoms with Crippen molar-refractivity contribution in [2.75, 3.05) is 7.05 Å². The van der Waals surface area contributed by atoms with Gasteiger partial charge in [0.15, 0.2) is 0 Å². The number of halogens is 1. The van der Waals surface area contributed by atoms with Crippen LogP contribution in [-0.4, -0.2) is 21.9 Å². The SMILES string of the molecule is Cc1oc(-c2ccc(Cl)cc2)nc1CN(C)Cc1nc2ccccc2s1. The van der Waals surface area contributed by atoms with E-state index in [1.54, 1.807) is 11.3 Å². The van der Waals surface area contributed by atoms with Gasteiger partial charge in [-0.25, -0.2) is 9.97 Å². The third-order valence-corrected chi connectivity index (χ3v) is 5.42. The number of para-hydroxylation sites is 1. The average molecular weight is 384 g/mol. The molecule has 4 nitrogen and oxygen atoms in total. The van der Waals surface area contributed by atoms with E-state index in [4.69, 9.17) is 21.0 Å². The zero-order chi connectivity index (χ0) is 18.1. The fourth-order valence-electron chi connectivity index (χ4n) is 2.82. The highest BCUT2D eigenvalue weighted by Gasteiger charge is 2.14. The van der Waals surface area contributed by atoms with Crippen molar-refractivity contribution in [2.45, 2.75) is 20.0 Å². The summed E-state index contributed by atoms with van der Waals surface area (Å²) >= 11 is 7.68. The molecule has 0 aliphatic rings. The van der Waals surface area contributed by atoms with Crippen LogP contribution in [0.25, 0.3) is 21.7 Å². The molecule has 2 aromatic heterocycles. The number of hydrogen-bond donors (Lipinski definition) is 0. The number of thiazole rings is 1. The predicted octanol–water partition coefficient (Wildman–Crippen LogP) is 5.55. The topological polar surface area (TPSA) is 42.2 Å². The van der Waals surface area contributed by atoms with Crippen molar-refractivity contribution < 1.29 is 4.42 Å². The highest BCUT2D eigenvalue weighted by Crippen LogP contribution is 2.25. The van der Waals surface area contributed by atoms with E-state index in [0.717, 1.165) is 34.1 Å². The number of hydrogen-bond acceptors (Lipinski definition) is 5. The molecule has 2 aromatic carbocycles. The maximum Gasteiger partial charge on any atom is 0.226 e. The number of aryl methyl sites for hydroxylation is 1. The summed E-state index contributed by atoms with van der Waals surface area (Å²) in [6, 6.07) is 15.7. The molecule has 0 unspecified atom stereocenters. The van der Waals surface area contributed by atoms with Crippen LogP contribution in [0.1, 0.15) is 16.5 Å². The van der Waals surface area contributed by atoms with Gasteiger partial charge in [-0.1, -0.05) is 23.7 Å². The fourth-order valence-corrected chi connectivity index (χ4v) is 3.99. The van der Waals surface area contributed by atoms with Gasteiger partial charge >= 0.3 is 0 Å². The molecule has 4 rings (SSSR count). The van der Waals surface area contributed by atoms with Crippen LogP contribution in [0.2, 0.25) is 5.02 Å². The Bertz CT molecular complexity index is 1010. The first-order valence-corrected chi connectivity index (χ1v) is 9.53. The fraction of sp³-hybridized carbons (Fsp3) is 0.200. The van der Waals surface area contributed by atoms with E-state index in [0.29, 0.717) is 17.5 Å². The van der Waals surface area contributed by atoms with Gasteiger partial charge in [-0.3, -0.25) is 4.90 Å². The first kappa shape index (κ1) is 17.2. The summed E-state index contributed by atoms with van der Waals surface area (Å²) in [6.07, 6.45) is 0. The second-order valence-electron chi connectivity index (χ2n) is 6.28. The van der Waals surface area contributed by atoms with E-state index >= 15 is 0 Å². The standard InChI is InChI=1S/C20H18ClN3OS/c1-13-17(23-20(25-13)14-7-9-15(21)10-8-14)11-24(2)12-19-22-16-5-3-4-6-18(16)26-19/h3-10H,11-12H2,1-2H3. The number of nitrogens with zero attached hydrogens (tertiary/aromatic N) is 3. The van der Waals surface area contributed by atoms with E-state index < -0.39 is 0 Å². The van der Waals surface area contributed by atoms with Crippen molar-refractivity contribution in [3.8, 4) is 11.5 Å². The number of fused-ring (bicyclic) bond motifs is 1. The van der Waals surface area contributed by atoms with Crippen LogP contribution in [0.3, 0.4) is 0 Å². The molecule has 0 aliphatic carbocycles. The van der Waals surface area contributed by atoms with Gasteiger partial charge in [0.2, 0.25) is 5.89 Å². The molecule has 0 saturated heterocycles. The summed E-state index contributed by atoms with van der Waals surface area (Å²) < 4.78 is 7.07. The van der Waals surface area contributed by atoms with Crippen LogP contribution in [0, 0.1) is 6.92 Å². The highest BCUT2D eigenvalue weighted by atomic mass is 35.5. The lowest BCUT2D eigenvalue weighted by Gasteiger charge is -2.13. The van der Waals surface area contributed by atoms with Crippen LogP contribution in [0.15, 0.2) is 52.9 Å². The monoisotopic (exact) mass is 383 g/mol. The Kier molecular flexibility index (Phi) is 4.76. The van der Waals surface area contributed by atoms with Gasteiger partial charge in [0.25, 0.3) is 0 Å². The first-order valence-electron chi connectivity index (χ1n) is 8.34. The predicted molar refractivity (Wildman–Crippen MR) is 106 cm³/mol. The Labute approximate surface area is 161 Å². The van der Waals surface area contributed by atoms with Crippen molar-refractivity contribution in [1.82, 2.24) is 14.9 Å². The summed E-state index contributed by atoms with van der Waals surface area (Å²) in [6.45, 7) is 3.44. The average Bonchev–Trinajstić information content (AvgIpc) is 3.18. The normalized spacial score (nSPS) is 11.5. The quantitative estimate of drug-likeness (QED) is 0.453. The van der Waals surface area contributed by atoms with Gasteiger partial charge in [-0.05, 0) is 50.4 Å².